The summed E-state index contributed by atoms with van der Waals surface area (Å²) in [4.78, 5) is 12.7. The molecular formula is C27H30O3. The van der Waals surface area contributed by atoms with Gasteiger partial charge in [0.2, 0.25) is 0 Å². The Morgan fingerprint density at radius 1 is 0.800 bits per heavy atom. The van der Waals surface area contributed by atoms with Gasteiger partial charge in [0.1, 0.15) is 5.75 Å². The zero-order valence-electron chi connectivity index (χ0n) is 17.6. The fourth-order valence-electron chi connectivity index (χ4n) is 3.49. The molecule has 0 atom stereocenters. The first-order chi connectivity index (χ1) is 14.7. The van der Waals surface area contributed by atoms with E-state index in [0.717, 1.165) is 6.42 Å². The topological polar surface area (TPSA) is 46.5 Å². The maximum atomic E-state index is 12.7. The summed E-state index contributed by atoms with van der Waals surface area (Å²) in [5, 5.41) is 10.6. The maximum Gasteiger partial charge on any atom is 0.196 e. The number of ketones is 1. The third-order valence-corrected chi connectivity index (χ3v) is 5.25. The number of aromatic hydroxyl groups is 1. The monoisotopic (exact) mass is 402 g/mol. The van der Waals surface area contributed by atoms with Crippen LogP contribution in [0.4, 0.5) is 0 Å². The highest BCUT2D eigenvalue weighted by Crippen LogP contribution is 2.34. The molecule has 0 saturated heterocycles. The summed E-state index contributed by atoms with van der Waals surface area (Å²) in [5.74, 6) is 0.553. The van der Waals surface area contributed by atoms with E-state index in [1.807, 2.05) is 18.2 Å². The van der Waals surface area contributed by atoms with Crippen molar-refractivity contribution in [3.63, 3.8) is 0 Å². The average molecular weight is 403 g/mol. The summed E-state index contributed by atoms with van der Waals surface area (Å²) < 4.78 is 5.86. The Labute approximate surface area is 179 Å². The number of phenols is 1. The van der Waals surface area contributed by atoms with E-state index in [-0.39, 0.29) is 22.8 Å². The van der Waals surface area contributed by atoms with Gasteiger partial charge in [0.05, 0.1) is 5.56 Å². The van der Waals surface area contributed by atoms with Crippen molar-refractivity contribution in [3.8, 4) is 17.2 Å². The number of ether oxygens (including phenoxy) is 1. The van der Waals surface area contributed by atoms with Gasteiger partial charge in [-0.25, -0.2) is 0 Å². The first-order valence-electron chi connectivity index (χ1n) is 10.9. The fraction of sp³-hybridized carbons (Fsp3) is 0.296. The molecule has 0 saturated carbocycles. The number of rotatable bonds is 11. The summed E-state index contributed by atoms with van der Waals surface area (Å²) in [6, 6.07) is 21.9. The van der Waals surface area contributed by atoms with Gasteiger partial charge in [-0.05, 0) is 42.7 Å². The van der Waals surface area contributed by atoms with Crippen LogP contribution in [0.1, 0.15) is 66.9 Å². The second-order valence-electron chi connectivity index (χ2n) is 7.61. The summed E-state index contributed by atoms with van der Waals surface area (Å²) in [6.45, 7) is 2.24. The molecule has 3 heteroatoms. The molecule has 0 fully saturated rings. The van der Waals surface area contributed by atoms with Crippen molar-refractivity contribution >= 4 is 5.78 Å². The quantitative estimate of drug-likeness (QED) is 0.270. The van der Waals surface area contributed by atoms with E-state index in [9.17, 15) is 9.90 Å². The molecular weight excluding hydrogens is 372 g/mol. The van der Waals surface area contributed by atoms with Crippen LogP contribution in [0.3, 0.4) is 0 Å². The summed E-state index contributed by atoms with van der Waals surface area (Å²) in [5.41, 5.74) is 2.05. The Bertz CT molecular complexity index is 930. The average Bonchev–Trinajstić information content (AvgIpc) is 2.79. The van der Waals surface area contributed by atoms with E-state index in [4.69, 9.17) is 4.74 Å². The van der Waals surface area contributed by atoms with Gasteiger partial charge in [-0.15, -0.1) is 0 Å². The Balaban J connectivity index is 1.60. The van der Waals surface area contributed by atoms with E-state index in [0.29, 0.717) is 11.3 Å². The Hall–Kier alpha value is -3.07. The molecule has 0 bridgehead atoms. The highest BCUT2D eigenvalue weighted by molar-refractivity contribution is 6.11. The molecule has 0 amide bonds. The molecule has 3 aromatic carbocycles. The minimum atomic E-state index is -0.229. The van der Waals surface area contributed by atoms with E-state index in [1.54, 1.807) is 42.5 Å². The third kappa shape index (κ3) is 5.96. The summed E-state index contributed by atoms with van der Waals surface area (Å²) >= 11 is 0. The van der Waals surface area contributed by atoms with Gasteiger partial charge in [-0.2, -0.15) is 0 Å². The Kier molecular flexibility index (Phi) is 8.08. The minimum absolute atomic E-state index is 0.137. The van der Waals surface area contributed by atoms with Crippen LogP contribution in [0.15, 0.2) is 72.8 Å². The largest absolute Gasteiger partial charge is 0.504 e. The lowest BCUT2D eigenvalue weighted by atomic mass is 10.0. The Morgan fingerprint density at radius 3 is 2.23 bits per heavy atom. The van der Waals surface area contributed by atoms with Crippen LogP contribution >= 0.6 is 0 Å². The van der Waals surface area contributed by atoms with Crippen LogP contribution in [0.25, 0.3) is 0 Å². The minimum Gasteiger partial charge on any atom is -0.504 e. The zero-order valence-corrected chi connectivity index (χ0v) is 17.6. The number of para-hydroxylation sites is 1. The van der Waals surface area contributed by atoms with Gasteiger partial charge >= 0.3 is 0 Å². The molecule has 30 heavy (non-hydrogen) atoms. The normalized spacial score (nSPS) is 10.7. The number of aryl methyl sites for hydroxylation is 1. The molecule has 0 aliphatic carbocycles. The molecule has 1 N–H and O–H groups in total. The molecule has 0 spiro atoms. The number of hydrogen-bond acceptors (Lipinski definition) is 3. The highest BCUT2D eigenvalue weighted by Gasteiger charge is 2.17. The summed E-state index contributed by atoms with van der Waals surface area (Å²) in [7, 11) is 0. The van der Waals surface area contributed by atoms with E-state index in [1.165, 1.54) is 44.1 Å². The lowest BCUT2D eigenvalue weighted by Gasteiger charge is -2.11. The molecule has 0 heterocycles. The number of phenolic OH excluding ortho intramolecular Hbond substituents is 1. The van der Waals surface area contributed by atoms with Gasteiger partial charge in [-0.1, -0.05) is 87.6 Å². The molecule has 0 unspecified atom stereocenters. The van der Waals surface area contributed by atoms with Gasteiger partial charge in [0.15, 0.2) is 17.3 Å². The first kappa shape index (κ1) is 21.6. The smallest absolute Gasteiger partial charge is 0.196 e. The van der Waals surface area contributed by atoms with Crippen LogP contribution in [0, 0.1) is 0 Å². The van der Waals surface area contributed by atoms with Crippen LogP contribution in [0.2, 0.25) is 0 Å². The predicted molar refractivity (Wildman–Crippen MR) is 122 cm³/mol. The van der Waals surface area contributed by atoms with E-state index in [2.05, 4.69) is 19.1 Å². The van der Waals surface area contributed by atoms with Crippen molar-refractivity contribution in [1.82, 2.24) is 0 Å². The molecule has 0 aliphatic rings. The number of benzene rings is 3. The molecule has 0 aromatic heterocycles. The highest BCUT2D eigenvalue weighted by atomic mass is 16.5. The first-order valence-corrected chi connectivity index (χ1v) is 10.9. The molecule has 0 aliphatic heterocycles. The van der Waals surface area contributed by atoms with Crippen LogP contribution in [-0.4, -0.2) is 10.9 Å². The molecule has 156 valence electrons. The van der Waals surface area contributed by atoms with Crippen molar-refractivity contribution in [3.05, 3.63) is 89.5 Å². The molecule has 3 nitrogen and oxygen atoms in total. The molecule has 3 aromatic rings. The van der Waals surface area contributed by atoms with Gasteiger partial charge in [0, 0.05) is 5.56 Å². The second-order valence-corrected chi connectivity index (χ2v) is 7.61. The fourth-order valence-corrected chi connectivity index (χ4v) is 3.49. The van der Waals surface area contributed by atoms with Crippen LogP contribution in [0.5, 0.6) is 17.2 Å². The number of carbonyl (C=O) groups is 1. The predicted octanol–water partition coefficient (Wildman–Crippen LogP) is 7.32. The second kappa shape index (κ2) is 11.2. The van der Waals surface area contributed by atoms with Gasteiger partial charge in [0.25, 0.3) is 0 Å². The van der Waals surface area contributed by atoms with Crippen LogP contribution in [-0.2, 0) is 6.42 Å². The van der Waals surface area contributed by atoms with Crippen molar-refractivity contribution in [2.75, 3.05) is 0 Å². The van der Waals surface area contributed by atoms with E-state index >= 15 is 0 Å². The number of carbonyl (C=O) groups excluding carboxylic acids is 1. The maximum absolute atomic E-state index is 12.7. The van der Waals surface area contributed by atoms with Crippen molar-refractivity contribution in [1.29, 1.82) is 0 Å². The van der Waals surface area contributed by atoms with Crippen molar-refractivity contribution in [2.24, 2.45) is 0 Å². The SMILES string of the molecule is CCCCCCCCc1ccc(Oc2cccc(C(=O)c3ccccc3)c2O)cc1. The van der Waals surface area contributed by atoms with Crippen molar-refractivity contribution < 1.29 is 14.6 Å². The standard InChI is InChI=1S/C27H30O3/c1-2-3-4-5-6-8-12-21-17-19-23(20-18-21)30-25-16-11-15-24(27(25)29)26(28)22-13-9-7-10-14-22/h7,9-11,13-20,29H,2-6,8,12H2,1H3. The van der Waals surface area contributed by atoms with Gasteiger partial charge < -0.3 is 9.84 Å². The lowest BCUT2D eigenvalue weighted by molar-refractivity contribution is 0.103. The van der Waals surface area contributed by atoms with Crippen molar-refractivity contribution in [2.45, 2.75) is 51.9 Å². The number of hydrogen-bond donors (Lipinski definition) is 1. The number of unbranched alkanes of at least 4 members (excludes halogenated alkanes) is 5. The zero-order chi connectivity index (χ0) is 21.2. The lowest BCUT2D eigenvalue weighted by Crippen LogP contribution is -2.02. The Morgan fingerprint density at radius 2 is 1.50 bits per heavy atom. The van der Waals surface area contributed by atoms with Crippen LogP contribution < -0.4 is 4.74 Å². The third-order valence-electron chi connectivity index (χ3n) is 5.25. The summed E-state index contributed by atoms with van der Waals surface area (Å²) in [6.07, 6.45) is 8.80. The molecule has 3 rings (SSSR count). The molecule has 0 radical (unpaired) electrons. The van der Waals surface area contributed by atoms with Gasteiger partial charge in [-0.3, -0.25) is 4.79 Å². The van der Waals surface area contributed by atoms with E-state index < -0.39 is 0 Å².